The molecular weight excluding hydrogens is 290 g/mol. The van der Waals surface area contributed by atoms with E-state index in [-0.39, 0.29) is 11.3 Å². The van der Waals surface area contributed by atoms with Crippen LogP contribution in [0.4, 0.5) is 0 Å². The Morgan fingerprint density at radius 2 is 2.09 bits per heavy atom. The highest BCUT2D eigenvalue weighted by molar-refractivity contribution is 5.95. The van der Waals surface area contributed by atoms with Crippen molar-refractivity contribution in [2.24, 2.45) is 0 Å². The van der Waals surface area contributed by atoms with Gasteiger partial charge in [0.05, 0.1) is 0 Å². The monoisotopic (exact) mass is 319 g/mol. The van der Waals surface area contributed by atoms with Gasteiger partial charge in [0.15, 0.2) is 5.43 Å². The Bertz CT molecular complexity index is 621. The lowest BCUT2D eigenvalue weighted by Crippen LogP contribution is -2.37. The first kappa shape index (κ1) is 17.7. The number of likely N-dealkylation sites (N-methyl/N-ethyl adjacent to an activating group) is 1. The first-order valence-electron chi connectivity index (χ1n) is 8.78. The van der Waals surface area contributed by atoms with Crippen molar-refractivity contribution in [3.63, 3.8) is 0 Å². The molecule has 1 atom stereocenters. The Balaban J connectivity index is 2.44. The third-order valence-corrected chi connectivity index (χ3v) is 4.82. The molecule has 1 fully saturated rings. The summed E-state index contributed by atoms with van der Waals surface area (Å²) in [5.74, 6) is -0.248. The van der Waals surface area contributed by atoms with Crippen LogP contribution in [0.1, 0.15) is 55.4 Å². The molecule has 23 heavy (non-hydrogen) atoms. The SMILES string of the molecule is CCNC(=O)c1c(CC)n(CC2CCCN2CC)c(C)cc1=O. The summed E-state index contributed by atoms with van der Waals surface area (Å²) in [6.07, 6.45) is 3.09. The van der Waals surface area contributed by atoms with Crippen LogP contribution in [0, 0.1) is 6.92 Å². The molecule has 1 amide bonds. The second-order valence-electron chi connectivity index (χ2n) is 6.22. The number of pyridine rings is 1. The molecule has 0 saturated carbocycles. The highest BCUT2D eigenvalue weighted by Crippen LogP contribution is 2.20. The van der Waals surface area contributed by atoms with E-state index >= 15 is 0 Å². The summed E-state index contributed by atoms with van der Waals surface area (Å²) in [7, 11) is 0. The van der Waals surface area contributed by atoms with Gasteiger partial charge in [0.1, 0.15) is 5.56 Å². The zero-order valence-electron chi connectivity index (χ0n) is 14.8. The topological polar surface area (TPSA) is 54.3 Å². The zero-order valence-corrected chi connectivity index (χ0v) is 14.8. The van der Waals surface area contributed by atoms with E-state index in [0.29, 0.717) is 24.6 Å². The van der Waals surface area contributed by atoms with Gasteiger partial charge in [-0.15, -0.1) is 0 Å². The quantitative estimate of drug-likeness (QED) is 0.872. The number of aromatic nitrogens is 1. The second kappa shape index (κ2) is 7.77. The van der Waals surface area contributed by atoms with Gasteiger partial charge in [-0.2, -0.15) is 0 Å². The maximum atomic E-state index is 12.4. The smallest absolute Gasteiger partial charge is 0.257 e. The Morgan fingerprint density at radius 1 is 1.35 bits per heavy atom. The molecular formula is C18H29N3O2. The third-order valence-electron chi connectivity index (χ3n) is 4.82. The molecule has 1 unspecified atom stereocenters. The van der Waals surface area contributed by atoms with E-state index in [1.165, 1.54) is 12.8 Å². The molecule has 1 aliphatic rings. The van der Waals surface area contributed by atoms with E-state index in [9.17, 15) is 9.59 Å². The number of nitrogens with zero attached hydrogens (tertiary/aromatic N) is 2. The number of hydrogen-bond acceptors (Lipinski definition) is 3. The van der Waals surface area contributed by atoms with E-state index in [1.54, 1.807) is 6.07 Å². The van der Waals surface area contributed by atoms with Gasteiger partial charge in [-0.05, 0) is 46.2 Å². The molecule has 5 heteroatoms. The van der Waals surface area contributed by atoms with Crippen molar-refractivity contribution in [2.75, 3.05) is 19.6 Å². The van der Waals surface area contributed by atoms with Crippen LogP contribution in [0.25, 0.3) is 0 Å². The number of rotatable bonds is 6. The Hall–Kier alpha value is -1.62. The minimum absolute atomic E-state index is 0.166. The molecule has 0 bridgehead atoms. The van der Waals surface area contributed by atoms with Crippen molar-refractivity contribution in [2.45, 2.75) is 59.5 Å². The largest absolute Gasteiger partial charge is 0.352 e. The molecule has 0 aliphatic carbocycles. The summed E-state index contributed by atoms with van der Waals surface area (Å²) >= 11 is 0. The van der Waals surface area contributed by atoms with Gasteiger partial charge in [0, 0.05) is 36.6 Å². The number of aryl methyl sites for hydroxylation is 1. The van der Waals surface area contributed by atoms with Gasteiger partial charge >= 0.3 is 0 Å². The number of nitrogens with one attached hydrogen (secondary N) is 1. The van der Waals surface area contributed by atoms with Gasteiger partial charge in [-0.1, -0.05) is 13.8 Å². The lowest BCUT2D eigenvalue weighted by atomic mass is 10.1. The van der Waals surface area contributed by atoms with Gasteiger partial charge < -0.3 is 9.88 Å². The van der Waals surface area contributed by atoms with Crippen LogP contribution in [-0.4, -0.2) is 41.1 Å². The van der Waals surface area contributed by atoms with E-state index < -0.39 is 0 Å². The van der Waals surface area contributed by atoms with E-state index in [4.69, 9.17) is 0 Å². The predicted octanol–water partition coefficient (Wildman–Crippen LogP) is 1.95. The summed E-state index contributed by atoms with van der Waals surface area (Å²) in [6, 6.07) is 2.10. The molecule has 1 N–H and O–H groups in total. The maximum absolute atomic E-state index is 12.4. The number of carbonyl (C=O) groups excluding carboxylic acids is 1. The fourth-order valence-corrected chi connectivity index (χ4v) is 3.67. The van der Waals surface area contributed by atoms with Crippen LogP contribution in [0.3, 0.4) is 0 Å². The molecule has 128 valence electrons. The van der Waals surface area contributed by atoms with E-state index in [2.05, 4.69) is 21.7 Å². The normalized spacial score (nSPS) is 18.3. The Morgan fingerprint density at radius 3 is 2.70 bits per heavy atom. The number of carbonyl (C=O) groups is 1. The molecule has 1 aliphatic heterocycles. The fourth-order valence-electron chi connectivity index (χ4n) is 3.67. The molecule has 2 rings (SSSR count). The van der Waals surface area contributed by atoms with Gasteiger partial charge in [0.25, 0.3) is 5.91 Å². The van der Waals surface area contributed by atoms with Crippen LogP contribution < -0.4 is 10.7 Å². The van der Waals surface area contributed by atoms with Gasteiger partial charge in [-0.3, -0.25) is 14.5 Å². The van der Waals surface area contributed by atoms with Crippen LogP contribution in [0.15, 0.2) is 10.9 Å². The molecule has 0 spiro atoms. The van der Waals surface area contributed by atoms with Crippen molar-refractivity contribution in [3.05, 3.63) is 33.2 Å². The van der Waals surface area contributed by atoms with Crippen LogP contribution in [-0.2, 0) is 13.0 Å². The standard InChI is InChI=1S/C18H29N3O2/c1-5-15-17(18(23)19-6-2)16(22)11-13(4)21(15)12-14-9-8-10-20(14)7-3/h11,14H,5-10,12H2,1-4H3,(H,19,23). The van der Waals surface area contributed by atoms with E-state index in [0.717, 1.165) is 31.0 Å². The number of hydrogen-bond donors (Lipinski definition) is 1. The van der Waals surface area contributed by atoms with Crippen LogP contribution >= 0.6 is 0 Å². The maximum Gasteiger partial charge on any atom is 0.257 e. The highest BCUT2D eigenvalue weighted by atomic mass is 16.2. The molecule has 2 heterocycles. The molecule has 5 nitrogen and oxygen atoms in total. The lowest BCUT2D eigenvalue weighted by molar-refractivity contribution is 0.0952. The summed E-state index contributed by atoms with van der Waals surface area (Å²) in [6.45, 7) is 11.6. The number of amides is 1. The zero-order chi connectivity index (χ0) is 17.0. The first-order valence-corrected chi connectivity index (χ1v) is 8.78. The minimum atomic E-state index is -0.248. The van der Waals surface area contributed by atoms with Crippen molar-refractivity contribution < 1.29 is 4.79 Å². The summed E-state index contributed by atoms with van der Waals surface area (Å²) in [4.78, 5) is 27.2. The van der Waals surface area contributed by atoms with Crippen LogP contribution in [0.5, 0.6) is 0 Å². The number of likely N-dealkylation sites (tertiary alicyclic amines) is 1. The van der Waals surface area contributed by atoms with Crippen LogP contribution in [0.2, 0.25) is 0 Å². The molecule has 0 aromatic carbocycles. The molecule has 1 aromatic heterocycles. The van der Waals surface area contributed by atoms with E-state index in [1.807, 2.05) is 20.8 Å². The van der Waals surface area contributed by atoms with Gasteiger partial charge in [0.2, 0.25) is 0 Å². The second-order valence-corrected chi connectivity index (χ2v) is 6.22. The predicted molar refractivity (Wildman–Crippen MR) is 93.1 cm³/mol. The lowest BCUT2D eigenvalue weighted by Gasteiger charge is -2.27. The van der Waals surface area contributed by atoms with Crippen molar-refractivity contribution in [3.8, 4) is 0 Å². The molecule has 1 aromatic rings. The van der Waals surface area contributed by atoms with Crippen molar-refractivity contribution >= 4 is 5.91 Å². The van der Waals surface area contributed by atoms with Crippen molar-refractivity contribution in [1.29, 1.82) is 0 Å². The average Bonchev–Trinajstić information content (AvgIpc) is 2.96. The molecule has 1 saturated heterocycles. The summed E-state index contributed by atoms with van der Waals surface area (Å²) in [5.41, 5.74) is 1.97. The summed E-state index contributed by atoms with van der Waals surface area (Å²) in [5, 5.41) is 2.77. The van der Waals surface area contributed by atoms with Crippen molar-refractivity contribution in [1.82, 2.24) is 14.8 Å². The first-order chi connectivity index (χ1) is 11.0. The summed E-state index contributed by atoms with van der Waals surface area (Å²) < 4.78 is 2.19. The third kappa shape index (κ3) is 3.66. The Kier molecular flexibility index (Phi) is 5.99. The molecule has 0 radical (unpaired) electrons. The Labute approximate surface area is 138 Å². The van der Waals surface area contributed by atoms with Gasteiger partial charge in [-0.25, -0.2) is 0 Å². The average molecular weight is 319 g/mol. The fraction of sp³-hybridized carbons (Fsp3) is 0.667. The minimum Gasteiger partial charge on any atom is -0.352 e. The highest BCUT2D eigenvalue weighted by Gasteiger charge is 2.26.